The van der Waals surface area contributed by atoms with Gasteiger partial charge < -0.3 is 5.32 Å². The summed E-state index contributed by atoms with van der Waals surface area (Å²) in [5.41, 5.74) is 0.783. The van der Waals surface area contributed by atoms with Gasteiger partial charge in [0.25, 0.3) is 0 Å². The number of aryl methyl sites for hydroxylation is 1. The molecular formula is C12H19N3OS2. The monoisotopic (exact) mass is 285 g/mol. The van der Waals surface area contributed by atoms with Crippen LogP contribution in [0.15, 0.2) is 12.4 Å². The van der Waals surface area contributed by atoms with Crippen LogP contribution in [0.2, 0.25) is 0 Å². The van der Waals surface area contributed by atoms with Gasteiger partial charge in [-0.2, -0.15) is 5.10 Å². The highest BCUT2D eigenvalue weighted by Crippen LogP contribution is 2.39. The summed E-state index contributed by atoms with van der Waals surface area (Å²) in [5, 5.41) is 7.69. The second-order valence-electron chi connectivity index (χ2n) is 4.53. The maximum absolute atomic E-state index is 11.7. The molecule has 2 heterocycles. The minimum atomic E-state index is 0.0939. The standard InChI is InChI=1S/C12H19N3OS2/c1-15-9-10(8-13-15)14-12(16)5-3-2-4-11-6-7-17-18-11/h8-9,11H,2-7H2,1H3,(H,14,16)/t11-/m1/s1. The fourth-order valence-corrected chi connectivity index (χ4v) is 4.96. The van der Waals surface area contributed by atoms with E-state index in [2.05, 4.69) is 10.4 Å². The second kappa shape index (κ2) is 7.09. The number of amides is 1. The zero-order valence-electron chi connectivity index (χ0n) is 10.6. The Morgan fingerprint density at radius 3 is 3.17 bits per heavy atom. The van der Waals surface area contributed by atoms with Crippen LogP contribution in [0.3, 0.4) is 0 Å². The van der Waals surface area contributed by atoms with Crippen LogP contribution in [-0.2, 0) is 11.8 Å². The molecule has 4 nitrogen and oxygen atoms in total. The Kier molecular flexibility index (Phi) is 5.44. The first-order chi connectivity index (χ1) is 8.74. The van der Waals surface area contributed by atoms with Crippen molar-refractivity contribution in [3.63, 3.8) is 0 Å². The normalized spacial score (nSPS) is 19.1. The third-order valence-electron chi connectivity index (χ3n) is 2.90. The number of nitrogens with zero attached hydrogens (tertiary/aromatic N) is 2. The number of unbranched alkanes of at least 4 members (excludes halogenated alkanes) is 1. The summed E-state index contributed by atoms with van der Waals surface area (Å²) in [7, 11) is 5.83. The maximum atomic E-state index is 11.7. The molecule has 100 valence electrons. The third-order valence-corrected chi connectivity index (χ3v) is 5.90. The van der Waals surface area contributed by atoms with Gasteiger partial charge in [0.1, 0.15) is 0 Å². The van der Waals surface area contributed by atoms with Crippen LogP contribution in [0, 0.1) is 0 Å². The number of aromatic nitrogens is 2. The summed E-state index contributed by atoms with van der Waals surface area (Å²) < 4.78 is 1.69. The highest BCUT2D eigenvalue weighted by molar-refractivity contribution is 8.77. The van der Waals surface area contributed by atoms with Crippen molar-refractivity contribution in [2.24, 2.45) is 7.05 Å². The van der Waals surface area contributed by atoms with Crippen molar-refractivity contribution < 1.29 is 4.79 Å². The van der Waals surface area contributed by atoms with E-state index in [-0.39, 0.29) is 5.91 Å². The SMILES string of the molecule is Cn1cc(NC(=O)CCCC[C@@H]2CCSS2)cn1. The van der Waals surface area contributed by atoms with Crippen LogP contribution in [0.5, 0.6) is 0 Å². The van der Waals surface area contributed by atoms with E-state index in [4.69, 9.17) is 0 Å². The number of hydrogen-bond donors (Lipinski definition) is 1. The first-order valence-corrected chi connectivity index (χ1v) is 8.69. The molecule has 0 bridgehead atoms. The molecule has 0 unspecified atom stereocenters. The third kappa shape index (κ3) is 4.57. The Balaban J connectivity index is 1.57. The molecule has 1 saturated heterocycles. The van der Waals surface area contributed by atoms with Crippen molar-refractivity contribution in [1.82, 2.24) is 9.78 Å². The van der Waals surface area contributed by atoms with Crippen LogP contribution >= 0.6 is 21.6 Å². The molecule has 1 aliphatic rings. The van der Waals surface area contributed by atoms with Gasteiger partial charge in [-0.1, -0.05) is 28.0 Å². The zero-order chi connectivity index (χ0) is 12.8. The second-order valence-corrected chi connectivity index (χ2v) is 7.31. The van der Waals surface area contributed by atoms with Crippen molar-refractivity contribution in [3.05, 3.63) is 12.4 Å². The van der Waals surface area contributed by atoms with Gasteiger partial charge in [-0.25, -0.2) is 0 Å². The van der Waals surface area contributed by atoms with Crippen LogP contribution < -0.4 is 5.32 Å². The van der Waals surface area contributed by atoms with Crippen molar-refractivity contribution in [2.45, 2.75) is 37.4 Å². The van der Waals surface area contributed by atoms with E-state index in [0.29, 0.717) is 6.42 Å². The van der Waals surface area contributed by atoms with Gasteiger partial charge in [0.15, 0.2) is 0 Å². The van der Waals surface area contributed by atoms with Crippen molar-refractivity contribution in [2.75, 3.05) is 11.1 Å². The summed E-state index contributed by atoms with van der Waals surface area (Å²) in [6, 6.07) is 0. The van der Waals surface area contributed by atoms with E-state index in [1.807, 2.05) is 34.8 Å². The lowest BCUT2D eigenvalue weighted by molar-refractivity contribution is -0.116. The molecule has 1 aromatic heterocycles. The van der Waals surface area contributed by atoms with E-state index in [1.54, 1.807) is 10.9 Å². The highest BCUT2D eigenvalue weighted by atomic mass is 33.1. The molecule has 1 atom stereocenters. The first-order valence-electron chi connectivity index (χ1n) is 6.31. The van der Waals surface area contributed by atoms with E-state index >= 15 is 0 Å². The fourth-order valence-electron chi connectivity index (χ4n) is 1.93. The van der Waals surface area contributed by atoms with Gasteiger partial charge in [-0.3, -0.25) is 9.48 Å². The van der Waals surface area contributed by atoms with Crippen LogP contribution in [0.4, 0.5) is 5.69 Å². The molecule has 6 heteroatoms. The molecule has 0 aromatic carbocycles. The fraction of sp³-hybridized carbons (Fsp3) is 0.667. The summed E-state index contributed by atoms with van der Waals surface area (Å²) >= 11 is 0. The van der Waals surface area contributed by atoms with Crippen LogP contribution in [-0.4, -0.2) is 26.7 Å². The molecule has 0 spiro atoms. The molecule has 1 N–H and O–H groups in total. The van der Waals surface area contributed by atoms with Gasteiger partial charge in [0, 0.05) is 30.7 Å². The zero-order valence-corrected chi connectivity index (χ0v) is 12.2. The molecule has 1 fully saturated rings. The number of hydrogen-bond acceptors (Lipinski definition) is 4. The van der Waals surface area contributed by atoms with Gasteiger partial charge in [-0.05, 0) is 19.3 Å². The van der Waals surface area contributed by atoms with Crippen molar-refractivity contribution in [3.8, 4) is 0 Å². The molecule has 18 heavy (non-hydrogen) atoms. The minimum absolute atomic E-state index is 0.0939. The summed E-state index contributed by atoms with van der Waals surface area (Å²) in [5.74, 6) is 1.38. The van der Waals surface area contributed by atoms with Crippen LogP contribution in [0.1, 0.15) is 32.1 Å². The highest BCUT2D eigenvalue weighted by Gasteiger charge is 2.15. The Morgan fingerprint density at radius 1 is 1.61 bits per heavy atom. The number of nitrogens with one attached hydrogen (secondary N) is 1. The Hall–Kier alpha value is -0.620. The average Bonchev–Trinajstić information content (AvgIpc) is 2.96. The largest absolute Gasteiger partial charge is 0.323 e. The number of anilines is 1. The molecule has 0 radical (unpaired) electrons. The van der Waals surface area contributed by atoms with Crippen LogP contribution in [0.25, 0.3) is 0 Å². The van der Waals surface area contributed by atoms with Crippen molar-refractivity contribution in [1.29, 1.82) is 0 Å². The predicted molar refractivity (Wildman–Crippen MR) is 78.8 cm³/mol. The Labute approximate surface area is 116 Å². The average molecular weight is 285 g/mol. The maximum Gasteiger partial charge on any atom is 0.224 e. The van der Waals surface area contributed by atoms with E-state index in [9.17, 15) is 4.79 Å². The molecular weight excluding hydrogens is 266 g/mol. The summed E-state index contributed by atoms with van der Waals surface area (Å²) in [6.45, 7) is 0. The first kappa shape index (κ1) is 13.8. The molecule has 0 saturated carbocycles. The molecule has 1 amide bonds. The van der Waals surface area contributed by atoms with Gasteiger partial charge in [0.05, 0.1) is 11.9 Å². The van der Waals surface area contributed by atoms with Gasteiger partial charge in [-0.15, -0.1) is 0 Å². The molecule has 2 rings (SSSR count). The Bertz CT molecular complexity index is 388. The minimum Gasteiger partial charge on any atom is -0.323 e. The molecule has 1 aromatic rings. The lowest BCUT2D eigenvalue weighted by Crippen LogP contribution is -2.10. The predicted octanol–water partition coefficient (Wildman–Crippen LogP) is 3.07. The van der Waals surface area contributed by atoms with Gasteiger partial charge >= 0.3 is 0 Å². The molecule has 1 aliphatic heterocycles. The topological polar surface area (TPSA) is 46.9 Å². The Morgan fingerprint density at radius 2 is 2.50 bits per heavy atom. The van der Waals surface area contributed by atoms with E-state index < -0.39 is 0 Å². The van der Waals surface area contributed by atoms with E-state index in [0.717, 1.165) is 23.8 Å². The quantitative estimate of drug-likeness (QED) is 0.644. The summed E-state index contributed by atoms with van der Waals surface area (Å²) in [6.07, 6.45) is 8.80. The lowest BCUT2D eigenvalue weighted by Gasteiger charge is -2.06. The summed E-state index contributed by atoms with van der Waals surface area (Å²) in [4.78, 5) is 11.7. The number of rotatable bonds is 6. The van der Waals surface area contributed by atoms with Gasteiger partial charge in [0.2, 0.25) is 5.91 Å². The smallest absolute Gasteiger partial charge is 0.224 e. The lowest BCUT2D eigenvalue weighted by atomic mass is 10.1. The van der Waals surface area contributed by atoms with Crippen molar-refractivity contribution >= 4 is 33.2 Å². The van der Waals surface area contributed by atoms with E-state index in [1.165, 1.54) is 18.6 Å². The number of carbonyl (C=O) groups is 1. The number of carbonyl (C=O) groups excluding carboxylic acids is 1. The molecule has 0 aliphatic carbocycles.